The minimum atomic E-state index is -0.877. The molecule has 0 spiro atoms. The summed E-state index contributed by atoms with van der Waals surface area (Å²) in [6.07, 6.45) is -0.336. The van der Waals surface area contributed by atoms with Crippen LogP contribution < -0.4 is 10.1 Å². The predicted molar refractivity (Wildman–Crippen MR) is 75.8 cm³/mol. The molecule has 0 aliphatic carbocycles. The van der Waals surface area contributed by atoms with Crippen LogP contribution >= 0.6 is 0 Å². The average Bonchev–Trinajstić information content (AvgIpc) is 2.78. The maximum absolute atomic E-state index is 12.7. The van der Waals surface area contributed by atoms with E-state index in [-0.39, 0.29) is 18.5 Å². The Bertz CT molecular complexity index is 442. The van der Waals surface area contributed by atoms with E-state index >= 15 is 0 Å². The van der Waals surface area contributed by atoms with Crippen LogP contribution in [0.15, 0.2) is 24.3 Å². The number of ether oxygens (including phenoxy) is 2. The van der Waals surface area contributed by atoms with E-state index in [9.17, 15) is 14.6 Å². The average molecular weight is 299 g/mol. The molecule has 0 amide bonds. The van der Waals surface area contributed by atoms with Gasteiger partial charge in [0.25, 0.3) is 0 Å². The SMILES string of the molecule is CC1OCCC1(O)CNCC(O)COc1ccc(F)cc1. The van der Waals surface area contributed by atoms with E-state index < -0.39 is 11.7 Å². The van der Waals surface area contributed by atoms with Crippen molar-refractivity contribution in [2.24, 2.45) is 0 Å². The van der Waals surface area contributed by atoms with Crippen LogP contribution in [0.1, 0.15) is 13.3 Å². The van der Waals surface area contributed by atoms with Crippen LogP contribution in [0.25, 0.3) is 0 Å². The number of hydrogen-bond acceptors (Lipinski definition) is 5. The normalized spacial score (nSPS) is 26.8. The van der Waals surface area contributed by atoms with Crippen LogP contribution in [0.2, 0.25) is 0 Å². The number of hydrogen-bond donors (Lipinski definition) is 3. The first-order chi connectivity index (χ1) is 9.99. The molecule has 0 aromatic heterocycles. The summed E-state index contributed by atoms with van der Waals surface area (Å²) in [6.45, 7) is 3.15. The van der Waals surface area contributed by atoms with Gasteiger partial charge in [0, 0.05) is 26.1 Å². The van der Waals surface area contributed by atoms with E-state index in [4.69, 9.17) is 9.47 Å². The van der Waals surface area contributed by atoms with E-state index in [1.165, 1.54) is 24.3 Å². The Morgan fingerprint density at radius 1 is 1.48 bits per heavy atom. The van der Waals surface area contributed by atoms with Crippen LogP contribution in [-0.2, 0) is 4.74 Å². The van der Waals surface area contributed by atoms with E-state index in [0.29, 0.717) is 31.9 Å². The van der Waals surface area contributed by atoms with Gasteiger partial charge in [-0.2, -0.15) is 0 Å². The highest BCUT2D eigenvalue weighted by Crippen LogP contribution is 2.24. The molecule has 0 saturated carbocycles. The van der Waals surface area contributed by atoms with Gasteiger partial charge in [0.15, 0.2) is 0 Å². The molecule has 2 rings (SSSR count). The number of aliphatic hydroxyl groups excluding tert-OH is 1. The van der Waals surface area contributed by atoms with Crippen molar-refractivity contribution in [1.29, 1.82) is 0 Å². The molecular weight excluding hydrogens is 277 g/mol. The molecule has 1 aliphatic heterocycles. The maximum Gasteiger partial charge on any atom is 0.123 e. The third kappa shape index (κ3) is 4.64. The largest absolute Gasteiger partial charge is 0.491 e. The first-order valence-electron chi connectivity index (χ1n) is 7.11. The molecule has 1 aromatic carbocycles. The van der Waals surface area contributed by atoms with E-state index in [2.05, 4.69) is 5.32 Å². The van der Waals surface area contributed by atoms with Crippen LogP contribution in [0, 0.1) is 5.82 Å². The first kappa shape index (κ1) is 16.2. The molecule has 0 radical (unpaired) electrons. The van der Waals surface area contributed by atoms with Gasteiger partial charge in [0.2, 0.25) is 0 Å². The highest BCUT2D eigenvalue weighted by molar-refractivity contribution is 5.22. The second kappa shape index (κ2) is 7.17. The van der Waals surface area contributed by atoms with Gasteiger partial charge < -0.3 is 25.0 Å². The molecular formula is C15H22FNO4. The van der Waals surface area contributed by atoms with Crippen molar-refractivity contribution >= 4 is 0 Å². The summed E-state index contributed by atoms with van der Waals surface area (Å²) in [4.78, 5) is 0. The molecule has 3 N–H and O–H groups in total. The van der Waals surface area contributed by atoms with Crippen molar-refractivity contribution < 1.29 is 24.1 Å². The van der Waals surface area contributed by atoms with Gasteiger partial charge >= 0.3 is 0 Å². The molecule has 1 aromatic rings. The predicted octanol–water partition coefficient (Wildman–Crippen LogP) is 0.695. The molecule has 6 heteroatoms. The number of rotatable bonds is 7. The van der Waals surface area contributed by atoms with Gasteiger partial charge in [-0.15, -0.1) is 0 Å². The van der Waals surface area contributed by atoms with E-state index in [1.807, 2.05) is 6.92 Å². The number of aliphatic hydroxyl groups is 2. The zero-order valence-corrected chi connectivity index (χ0v) is 12.1. The quantitative estimate of drug-likeness (QED) is 0.691. The molecule has 1 saturated heterocycles. The minimum Gasteiger partial charge on any atom is -0.491 e. The number of nitrogens with one attached hydrogen (secondary N) is 1. The lowest BCUT2D eigenvalue weighted by atomic mass is 9.97. The van der Waals surface area contributed by atoms with E-state index in [1.54, 1.807) is 0 Å². The Balaban J connectivity index is 1.65. The zero-order chi connectivity index (χ0) is 15.3. The Morgan fingerprint density at radius 3 is 2.81 bits per heavy atom. The van der Waals surface area contributed by atoms with Crippen molar-refractivity contribution in [2.75, 3.05) is 26.3 Å². The van der Waals surface area contributed by atoms with Crippen LogP contribution in [0.5, 0.6) is 5.75 Å². The van der Waals surface area contributed by atoms with Crippen molar-refractivity contribution in [3.05, 3.63) is 30.1 Å². The summed E-state index contributed by atoms with van der Waals surface area (Å²) in [5, 5.41) is 23.1. The minimum absolute atomic E-state index is 0.100. The fraction of sp³-hybridized carbons (Fsp3) is 0.600. The van der Waals surface area contributed by atoms with Crippen LogP contribution in [-0.4, -0.2) is 54.3 Å². The molecule has 5 nitrogen and oxygen atoms in total. The van der Waals surface area contributed by atoms with Crippen molar-refractivity contribution in [1.82, 2.24) is 5.32 Å². The lowest BCUT2D eigenvalue weighted by Gasteiger charge is -2.26. The Morgan fingerprint density at radius 2 is 2.19 bits per heavy atom. The molecule has 1 heterocycles. The second-order valence-corrected chi connectivity index (χ2v) is 5.42. The summed E-state index contributed by atoms with van der Waals surface area (Å²) in [6, 6.07) is 5.62. The molecule has 1 fully saturated rings. The monoisotopic (exact) mass is 299 g/mol. The topological polar surface area (TPSA) is 71.0 Å². The summed E-state index contributed by atoms with van der Waals surface area (Å²) in [7, 11) is 0. The van der Waals surface area contributed by atoms with Gasteiger partial charge in [-0.25, -0.2) is 4.39 Å². The Hall–Kier alpha value is -1.21. The Labute approximate surface area is 123 Å². The fourth-order valence-electron chi connectivity index (χ4n) is 2.24. The van der Waals surface area contributed by atoms with Crippen LogP contribution in [0.3, 0.4) is 0 Å². The molecule has 118 valence electrons. The third-order valence-electron chi connectivity index (χ3n) is 3.73. The lowest BCUT2D eigenvalue weighted by molar-refractivity contribution is -0.0279. The summed E-state index contributed by atoms with van der Waals surface area (Å²) >= 11 is 0. The molecule has 1 aliphatic rings. The highest BCUT2D eigenvalue weighted by Gasteiger charge is 2.39. The van der Waals surface area contributed by atoms with Crippen molar-refractivity contribution in [3.8, 4) is 5.75 Å². The maximum atomic E-state index is 12.7. The second-order valence-electron chi connectivity index (χ2n) is 5.42. The third-order valence-corrected chi connectivity index (χ3v) is 3.73. The van der Waals surface area contributed by atoms with Gasteiger partial charge in [-0.3, -0.25) is 0 Å². The van der Waals surface area contributed by atoms with Crippen molar-refractivity contribution in [3.63, 3.8) is 0 Å². The Kier molecular flexibility index (Phi) is 5.52. The van der Waals surface area contributed by atoms with Gasteiger partial charge in [0.1, 0.15) is 29.9 Å². The standard InChI is InChI=1S/C15H22FNO4/c1-11-15(19,6-7-20-11)10-17-8-13(18)9-21-14-4-2-12(16)3-5-14/h2-5,11,13,17-19H,6-10H2,1H3. The molecule has 0 bridgehead atoms. The summed E-state index contributed by atoms with van der Waals surface area (Å²) in [5.41, 5.74) is -0.877. The number of benzene rings is 1. The molecule has 21 heavy (non-hydrogen) atoms. The van der Waals surface area contributed by atoms with Gasteiger partial charge in [0.05, 0.1) is 6.10 Å². The summed E-state index contributed by atoms with van der Waals surface area (Å²) < 4.78 is 23.4. The van der Waals surface area contributed by atoms with Crippen molar-refractivity contribution in [2.45, 2.75) is 31.2 Å². The fourth-order valence-corrected chi connectivity index (χ4v) is 2.24. The van der Waals surface area contributed by atoms with Gasteiger partial charge in [-0.05, 0) is 31.2 Å². The first-order valence-corrected chi connectivity index (χ1v) is 7.11. The van der Waals surface area contributed by atoms with Gasteiger partial charge in [-0.1, -0.05) is 0 Å². The highest BCUT2D eigenvalue weighted by atomic mass is 19.1. The van der Waals surface area contributed by atoms with E-state index in [0.717, 1.165) is 0 Å². The zero-order valence-electron chi connectivity index (χ0n) is 12.1. The van der Waals surface area contributed by atoms with Crippen LogP contribution in [0.4, 0.5) is 4.39 Å². The summed E-state index contributed by atoms with van der Waals surface area (Å²) in [5.74, 6) is 0.178. The molecule has 3 unspecified atom stereocenters. The molecule has 3 atom stereocenters. The lowest BCUT2D eigenvalue weighted by Crippen LogP contribution is -2.47. The smallest absolute Gasteiger partial charge is 0.123 e. The number of halogens is 1.